The van der Waals surface area contributed by atoms with E-state index in [0.29, 0.717) is 29.2 Å². The van der Waals surface area contributed by atoms with Crippen molar-refractivity contribution in [3.63, 3.8) is 0 Å². The fourth-order valence-electron chi connectivity index (χ4n) is 3.83. The van der Waals surface area contributed by atoms with Crippen LogP contribution in [-0.4, -0.2) is 63.1 Å². The van der Waals surface area contributed by atoms with Gasteiger partial charge in [0.15, 0.2) is 11.5 Å². The molecule has 0 radical (unpaired) electrons. The molecule has 0 saturated carbocycles. The molecule has 0 aliphatic carbocycles. The standard InChI is InChI=1S/C24H28N2O5/c1-25(2)13-8-14-26-21(17-11-12-18(30-3)19(15-17)31-4)20(23(28)24(26)29)22(27)16-9-6-5-7-10-16/h5-7,9-12,15,21,27H,8,13-14H2,1-4H3/p+1/t21-/m1/s1. The zero-order chi connectivity index (χ0) is 22.5. The van der Waals surface area contributed by atoms with E-state index in [4.69, 9.17) is 9.47 Å². The molecule has 164 valence electrons. The molecule has 1 saturated heterocycles. The summed E-state index contributed by atoms with van der Waals surface area (Å²) in [7, 11) is 7.15. The minimum absolute atomic E-state index is 0.0839. The van der Waals surface area contributed by atoms with Crippen molar-refractivity contribution in [3.8, 4) is 11.5 Å². The van der Waals surface area contributed by atoms with Crippen LogP contribution in [-0.2, 0) is 9.59 Å². The van der Waals surface area contributed by atoms with E-state index in [2.05, 4.69) is 0 Å². The summed E-state index contributed by atoms with van der Waals surface area (Å²) in [6.07, 6.45) is 0.727. The van der Waals surface area contributed by atoms with Gasteiger partial charge in [-0.25, -0.2) is 0 Å². The van der Waals surface area contributed by atoms with Crippen LogP contribution in [0.3, 0.4) is 0 Å². The number of hydrogen-bond donors (Lipinski definition) is 2. The molecule has 0 bridgehead atoms. The van der Waals surface area contributed by atoms with Gasteiger partial charge in [0, 0.05) is 18.5 Å². The van der Waals surface area contributed by atoms with Gasteiger partial charge in [-0.3, -0.25) is 9.59 Å². The van der Waals surface area contributed by atoms with Crippen molar-refractivity contribution in [2.45, 2.75) is 12.5 Å². The van der Waals surface area contributed by atoms with Gasteiger partial charge in [-0.05, 0) is 17.7 Å². The molecule has 31 heavy (non-hydrogen) atoms. The quantitative estimate of drug-likeness (QED) is 0.382. The molecule has 0 spiro atoms. The third-order valence-electron chi connectivity index (χ3n) is 5.39. The van der Waals surface area contributed by atoms with Gasteiger partial charge in [0.05, 0.1) is 46.5 Å². The van der Waals surface area contributed by atoms with Crippen molar-refractivity contribution in [2.75, 3.05) is 41.4 Å². The Bertz CT molecular complexity index is 985. The highest BCUT2D eigenvalue weighted by molar-refractivity contribution is 6.46. The zero-order valence-electron chi connectivity index (χ0n) is 18.3. The topological polar surface area (TPSA) is 80.5 Å². The summed E-state index contributed by atoms with van der Waals surface area (Å²) >= 11 is 0. The molecule has 7 nitrogen and oxygen atoms in total. The van der Waals surface area contributed by atoms with E-state index in [9.17, 15) is 14.7 Å². The second-order valence-corrected chi connectivity index (χ2v) is 7.78. The predicted molar refractivity (Wildman–Crippen MR) is 117 cm³/mol. The summed E-state index contributed by atoms with van der Waals surface area (Å²) in [4.78, 5) is 28.8. The Labute approximate surface area is 182 Å². The number of quaternary nitrogens is 1. The Hall–Kier alpha value is -3.32. The number of carbonyl (C=O) groups excluding carboxylic acids is 2. The summed E-state index contributed by atoms with van der Waals surface area (Å²) in [6.45, 7) is 1.25. The maximum atomic E-state index is 13.0. The highest BCUT2D eigenvalue weighted by atomic mass is 16.5. The molecule has 2 aromatic carbocycles. The number of rotatable bonds is 8. The van der Waals surface area contributed by atoms with Gasteiger partial charge < -0.3 is 24.4 Å². The average Bonchev–Trinajstić information content (AvgIpc) is 3.03. The molecule has 2 N–H and O–H groups in total. The van der Waals surface area contributed by atoms with Gasteiger partial charge in [-0.2, -0.15) is 0 Å². The minimum Gasteiger partial charge on any atom is -0.507 e. The number of nitrogens with one attached hydrogen (secondary N) is 1. The van der Waals surface area contributed by atoms with Crippen LogP contribution in [0, 0.1) is 0 Å². The molecule has 0 aromatic heterocycles. The maximum Gasteiger partial charge on any atom is 0.295 e. The lowest BCUT2D eigenvalue weighted by Crippen LogP contribution is -3.05. The van der Waals surface area contributed by atoms with E-state index in [0.717, 1.165) is 13.0 Å². The molecule has 1 aliphatic rings. The van der Waals surface area contributed by atoms with Crippen LogP contribution in [0.1, 0.15) is 23.6 Å². The Morgan fingerprint density at radius 3 is 2.32 bits per heavy atom. The number of ketones is 1. The maximum absolute atomic E-state index is 13.0. The number of Topliss-reactive ketones (excluding diaryl/α,β-unsaturated/α-hetero) is 1. The first-order valence-electron chi connectivity index (χ1n) is 10.2. The van der Waals surface area contributed by atoms with Crippen molar-refractivity contribution in [1.82, 2.24) is 4.90 Å². The minimum atomic E-state index is -0.711. The first-order valence-corrected chi connectivity index (χ1v) is 10.2. The van der Waals surface area contributed by atoms with Crippen LogP contribution in [0.15, 0.2) is 54.1 Å². The van der Waals surface area contributed by atoms with Crippen molar-refractivity contribution < 1.29 is 29.1 Å². The van der Waals surface area contributed by atoms with Crippen LogP contribution < -0.4 is 14.4 Å². The number of nitrogens with zero attached hydrogens (tertiary/aromatic N) is 1. The Morgan fingerprint density at radius 1 is 1.03 bits per heavy atom. The number of hydrogen-bond acceptors (Lipinski definition) is 5. The van der Waals surface area contributed by atoms with E-state index >= 15 is 0 Å². The SMILES string of the molecule is COc1ccc([C@@H]2C(=C(O)c3ccccc3)C(=O)C(=O)N2CCC[NH+](C)C)cc1OC. The van der Waals surface area contributed by atoms with Crippen LogP contribution in [0.5, 0.6) is 11.5 Å². The third-order valence-corrected chi connectivity index (χ3v) is 5.39. The summed E-state index contributed by atoms with van der Waals surface area (Å²) < 4.78 is 10.7. The Morgan fingerprint density at radius 2 is 1.71 bits per heavy atom. The fourth-order valence-corrected chi connectivity index (χ4v) is 3.83. The molecule has 3 rings (SSSR count). The molecular weight excluding hydrogens is 396 g/mol. The van der Waals surface area contributed by atoms with E-state index in [1.807, 2.05) is 20.2 Å². The van der Waals surface area contributed by atoms with Crippen LogP contribution >= 0.6 is 0 Å². The van der Waals surface area contributed by atoms with Gasteiger partial charge in [-0.15, -0.1) is 0 Å². The number of benzene rings is 2. The number of aliphatic hydroxyl groups is 1. The summed E-state index contributed by atoms with van der Waals surface area (Å²) in [5.41, 5.74) is 1.25. The number of carbonyl (C=O) groups is 2. The lowest BCUT2D eigenvalue weighted by atomic mass is 9.95. The van der Waals surface area contributed by atoms with Crippen molar-refractivity contribution in [2.24, 2.45) is 0 Å². The normalized spacial score (nSPS) is 18.0. The largest absolute Gasteiger partial charge is 0.507 e. The molecule has 1 atom stereocenters. The smallest absolute Gasteiger partial charge is 0.295 e. The van der Waals surface area contributed by atoms with E-state index < -0.39 is 17.7 Å². The summed E-state index contributed by atoms with van der Waals surface area (Å²) in [5, 5.41) is 11.0. The molecule has 0 unspecified atom stereocenters. The number of aliphatic hydroxyl groups excluding tert-OH is 1. The van der Waals surface area contributed by atoms with Crippen molar-refractivity contribution in [1.29, 1.82) is 0 Å². The van der Waals surface area contributed by atoms with Gasteiger partial charge >= 0.3 is 0 Å². The predicted octanol–water partition coefficient (Wildman–Crippen LogP) is 1.66. The van der Waals surface area contributed by atoms with Gasteiger partial charge in [0.25, 0.3) is 11.7 Å². The summed E-state index contributed by atoms with van der Waals surface area (Å²) in [6, 6.07) is 13.4. The second-order valence-electron chi connectivity index (χ2n) is 7.78. The third kappa shape index (κ3) is 4.56. The molecule has 1 heterocycles. The van der Waals surface area contributed by atoms with Crippen LogP contribution in [0.4, 0.5) is 0 Å². The first-order chi connectivity index (χ1) is 14.9. The first kappa shape index (κ1) is 22.4. The summed E-state index contributed by atoms with van der Waals surface area (Å²) in [5.74, 6) is -0.436. The van der Waals surface area contributed by atoms with E-state index in [1.165, 1.54) is 12.0 Å². The Balaban J connectivity index is 2.13. The van der Waals surface area contributed by atoms with Gasteiger partial charge in [-0.1, -0.05) is 36.4 Å². The van der Waals surface area contributed by atoms with Gasteiger partial charge in [0.1, 0.15) is 5.76 Å². The highest BCUT2D eigenvalue weighted by Crippen LogP contribution is 2.41. The molecule has 7 heteroatoms. The number of amides is 1. The number of ether oxygens (including phenoxy) is 2. The van der Waals surface area contributed by atoms with E-state index in [1.54, 1.807) is 54.5 Å². The molecule has 1 amide bonds. The second kappa shape index (κ2) is 9.66. The molecule has 1 fully saturated rings. The lowest BCUT2D eigenvalue weighted by molar-refractivity contribution is -0.858. The lowest BCUT2D eigenvalue weighted by Gasteiger charge is -2.26. The average molecular weight is 426 g/mol. The monoisotopic (exact) mass is 425 g/mol. The van der Waals surface area contributed by atoms with E-state index in [-0.39, 0.29) is 11.3 Å². The fraction of sp³-hybridized carbons (Fsp3) is 0.333. The number of methoxy groups -OCH3 is 2. The van der Waals surface area contributed by atoms with Crippen LogP contribution in [0.2, 0.25) is 0 Å². The van der Waals surface area contributed by atoms with Crippen LogP contribution in [0.25, 0.3) is 5.76 Å². The highest BCUT2D eigenvalue weighted by Gasteiger charge is 2.46. The molecule has 1 aliphatic heterocycles. The Kier molecular flexibility index (Phi) is 6.97. The molecule has 2 aromatic rings. The number of likely N-dealkylation sites (tertiary alicyclic amines) is 1. The van der Waals surface area contributed by atoms with Crippen molar-refractivity contribution >= 4 is 17.4 Å². The van der Waals surface area contributed by atoms with Gasteiger partial charge in [0.2, 0.25) is 0 Å². The molecular formula is C24H29N2O5+. The van der Waals surface area contributed by atoms with Crippen molar-refractivity contribution in [3.05, 3.63) is 65.2 Å². The zero-order valence-corrected chi connectivity index (χ0v) is 18.3.